The van der Waals surface area contributed by atoms with E-state index in [2.05, 4.69) is 66.6 Å². The Bertz CT molecular complexity index is 561. The summed E-state index contributed by atoms with van der Waals surface area (Å²) < 4.78 is 4.14. The van der Waals surface area contributed by atoms with E-state index in [4.69, 9.17) is 0 Å². The Morgan fingerprint density at radius 3 is 2.67 bits per heavy atom. The van der Waals surface area contributed by atoms with E-state index in [1.54, 1.807) is 0 Å². The molecular formula is C13H15Br2N3. The number of anilines is 1. The molecule has 0 fully saturated rings. The van der Waals surface area contributed by atoms with Gasteiger partial charge in [0.05, 0.1) is 11.4 Å². The van der Waals surface area contributed by atoms with Crippen LogP contribution in [0.3, 0.4) is 0 Å². The van der Waals surface area contributed by atoms with Gasteiger partial charge in [0.2, 0.25) is 5.95 Å². The third-order valence-electron chi connectivity index (χ3n) is 2.41. The van der Waals surface area contributed by atoms with Gasteiger partial charge in [-0.15, -0.1) is 0 Å². The molecule has 0 aliphatic heterocycles. The monoisotopic (exact) mass is 371 g/mol. The fourth-order valence-corrected chi connectivity index (χ4v) is 2.50. The summed E-state index contributed by atoms with van der Waals surface area (Å²) in [7, 11) is 0. The standard InChI is InChI=1S/C13H15Br2N3/c1-8(2)16-13-17-9(3)7-18(13)12-6-10(14)4-5-11(12)15/h4-8H,1-3H3,(H,16,17). The normalized spacial score (nSPS) is 11.0. The zero-order valence-electron chi connectivity index (χ0n) is 10.5. The first-order valence-corrected chi connectivity index (χ1v) is 7.34. The van der Waals surface area contributed by atoms with Gasteiger partial charge >= 0.3 is 0 Å². The number of hydrogen-bond acceptors (Lipinski definition) is 2. The molecule has 0 radical (unpaired) electrons. The summed E-state index contributed by atoms with van der Waals surface area (Å²) in [5.41, 5.74) is 2.05. The summed E-state index contributed by atoms with van der Waals surface area (Å²) in [6, 6.07) is 6.44. The lowest BCUT2D eigenvalue weighted by Gasteiger charge is -2.13. The van der Waals surface area contributed by atoms with Gasteiger partial charge in [-0.2, -0.15) is 0 Å². The second kappa shape index (κ2) is 5.45. The number of rotatable bonds is 3. The number of nitrogens with zero attached hydrogens (tertiary/aromatic N) is 2. The first kappa shape index (κ1) is 13.6. The van der Waals surface area contributed by atoms with Crippen LogP contribution in [0.5, 0.6) is 0 Å². The number of aryl methyl sites for hydroxylation is 1. The van der Waals surface area contributed by atoms with Gasteiger partial charge in [0.25, 0.3) is 0 Å². The maximum absolute atomic E-state index is 4.51. The van der Waals surface area contributed by atoms with Gasteiger partial charge in [-0.25, -0.2) is 4.98 Å². The molecule has 2 aromatic rings. The molecule has 1 N–H and O–H groups in total. The smallest absolute Gasteiger partial charge is 0.207 e. The van der Waals surface area contributed by atoms with E-state index in [1.807, 2.05) is 25.3 Å². The average molecular weight is 373 g/mol. The molecule has 1 aromatic heterocycles. The van der Waals surface area contributed by atoms with Gasteiger partial charge in [0, 0.05) is 21.2 Å². The first-order valence-electron chi connectivity index (χ1n) is 5.75. The van der Waals surface area contributed by atoms with Gasteiger partial charge in [-0.05, 0) is 54.9 Å². The maximum atomic E-state index is 4.51. The highest BCUT2D eigenvalue weighted by atomic mass is 79.9. The highest BCUT2D eigenvalue weighted by Gasteiger charge is 2.11. The highest BCUT2D eigenvalue weighted by Crippen LogP contribution is 2.28. The highest BCUT2D eigenvalue weighted by molar-refractivity contribution is 9.11. The lowest BCUT2D eigenvalue weighted by atomic mass is 10.3. The van der Waals surface area contributed by atoms with Gasteiger partial charge in [0.15, 0.2) is 0 Å². The predicted molar refractivity (Wildman–Crippen MR) is 82.5 cm³/mol. The zero-order valence-corrected chi connectivity index (χ0v) is 13.7. The molecule has 0 unspecified atom stereocenters. The van der Waals surface area contributed by atoms with Gasteiger partial charge < -0.3 is 5.32 Å². The van der Waals surface area contributed by atoms with E-state index in [0.717, 1.165) is 26.3 Å². The second-order valence-corrected chi connectivity index (χ2v) is 6.24. The summed E-state index contributed by atoms with van der Waals surface area (Å²) >= 11 is 7.08. The number of hydrogen-bond donors (Lipinski definition) is 1. The van der Waals surface area contributed by atoms with E-state index in [1.165, 1.54) is 0 Å². The average Bonchev–Trinajstić information content (AvgIpc) is 2.62. The molecule has 0 aliphatic carbocycles. The molecule has 2 rings (SSSR count). The van der Waals surface area contributed by atoms with Crippen LogP contribution in [0.1, 0.15) is 19.5 Å². The molecule has 0 aliphatic rings. The molecule has 0 bridgehead atoms. The number of aromatic nitrogens is 2. The minimum absolute atomic E-state index is 0.344. The fourth-order valence-electron chi connectivity index (χ4n) is 1.71. The van der Waals surface area contributed by atoms with Crippen molar-refractivity contribution >= 4 is 37.8 Å². The van der Waals surface area contributed by atoms with Crippen LogP contribution >= 0.6 is 31.9 Å². The molecule has 1 aromatic carbocycles. The minimum Gasteiger partial charge on any atom is -0.353 e. The Kier molecular flexibility index (Phi) is 4.12. The topological polar surface area (TPSA) is 29.9 Å². The third-order valence-corrected chi connectivity index (χ3v) is 3.58. The quantitative estimate of drug-likeness (QED) is 0.857. The van der Waals surface area contributed by atoms with Crippen molar-refractivity contribution in [2.75, 3.05) is 5.32 Å². The van der Waals surface area contributed by atoms with E-state index in [9.17, 15) is 0 Å². The Labute approximate surface area is 124 Å². The van der Waals surface area contributed by atoms with Crippen molar-refractivity contribution in [3.8, 4) is 5.69 Å². The molecule has 18 heavy (non-hydrogen) atoms. The van der Waals surface area contributed by atoms with Crippen LogP contribution in [-0.4, -0.2) is 15.6 Å². The van der Waals surface area contributed by atoms with Crippen LogP contribution < -0.4 is 5.32 Å². The molecule has 0 saturated heterocycles. The number of halogens is 2. The van der Waals surface area contributed by atoms with E-state index in [-0.39, 0.29) is 0 Å². The van der Waals surface area contributed by atoms with Crippen LogP contribution in [0, 0.1) is 6.92 Å². The van der Waals surface area contributed by atoms with Crippen LogP contribution in [0.25, 0.3) is 5.69 Å². The molecule has 96 valence electrons. The third kappa shape index (κ3) is 2.95. The van der Waals surface area contributed by atoms with Crippen molar-refractivity contribution in [3.63, 3.8) is 0 Å². The summed E-state index contributed by atoms with van der Waals surface area (Å²) in [6.07, 6.45) is 2.03. The molecule has 0 spiro atoms. The van der Waals surface area contributed by atoms with E-state index >= 15 is 0 Å². The van der Waals surface area contributed by atoms with Crippen LogP contribution in [0.2, 0.25) is 0 Å². The molecular weight excluding hydrogens is 358 g/mol. The van der Waals surface area contributed by atoms with Crippen molar-refractivity contribution in [2.24, 2.45) is 0 Å². The second-order valence-electron chi connectivity index (χ2n) is 4.47. The predicted octanol–water partition coefficient (Wildman–Crippen LogP) is 4.53. The molecule has 0 atom stereocenters. The lowest BCUT2D eigenvalue weighted by molar-refractivity contribution is 0.863. The zero-order chi connectivity index (χ0) is 13.3. The first-order chi connectivity index (χ1) is 8.47. The van der Waals surface area contributed by atoms with Crippen LogP contribution in [0.15, 0.2) is 33.3 Å². The summed E-state index contributed by atoms with van der Waals surface area (Å²) in [5.74, 6) is 0.862. The molecule has 0 saturated carbocycles. The Morgan fingerprint density at radius 1 is 1.28 bits per heavy atom. The molecule has 5 heteroatoms. The van der Waals surface area contributed by atoms with Gasteiger partial charge in [-0.1, -0.05) is 15.9 Å². The summed E-state index contributed by atoms with van der Waals surface area (Å²) in [6.45, 7) is 6.20. The fraction of sp³-hybridized carbons (Fsp3) is 0.308. The van der Waals surface area contributed by atoms with Crippen molar-refractivity contribution in [1.29, 1.82) is 0 Å². The summed E-state index contributed by atoms with van der Waals surface area (Å²) in [4.78, 5) is 4.51. The number of imidazole rings is 1. The maximum Gasteiger partial charge on any atom is 0.207 e. The van der Waals surface area contributed by atoms with Crippen molar-refractivity contribution in [2.45, 2.75) is 26.8 Å². The largest absolute Gasteiger partial charge is 0.353 e. The van der Waals surface area contributed by atoms with E-state index < -0.39 is 0 Å². The number of benzene rings is 1. The molecule has 0 amide bonds. The minimum atomic E-state index is 0.344. The number of nitrogens with one attached hydrogen (secondary N) is 1. The van der Waals surface area contributed by atoms with Gasteiger partial charge in [0.1, 0.15) is 0 Å². The van der Waals surface area contributed by atoms with Crippen LogP contribution in [0.4, 0.5) is 5.95 Å². The van der Waals surface area contributed by atoms with E-state index in [0.29, 0.717) is 6.04 Å². The lowest BCUT2D eigenvalue weighted by Crippen LogP contribution is -2.14. The van der Waals surface area contributed by atoms with Crippen molar-refractivity contribution < 1.29 is 0 Å². The van der Waals surface area contributed by atoms with Crippen LogP contribution in [-0.2, 0) is 0 Å². The SMILES string of the molecule is Cc1cn(-c2cc(Br)ccc2Br)c(NC(C)C)n1. The van der Waals surface area contributed by atoms with Crippen molar-refractivity contribution in [3.05, 3.63) is 39.0 Å². The van der Waals surface area contributed by atoms with Gasteiger partial charge in [-0.3, -0.25) is 4.57 Å². The Balaban J connectivity index is 2.52. The Morgan fingerprint density at radius 2 is 2.00 bits per heavy atom. The molecule has 1 heterocycles. The summed E-state index contributed by atoms with van der Waals surface area (Å²) in [5, 5.41) is 3.36. The Hall–Kier alpha value is -0.810. The molecule has 3 nitrogen and oxygen atoms in total. The van der Waals surface area contributed by atoms with Crippen molar-refractivity contribution in [1.82, 2.24) is 9.55 Å².